The molecule has 3 rings (SSSR count). The lowest BCUT2D eigenvalue weighted by Crippen LogP contribution is -2.24. The number of nitriles is 1. The van der Waals surface area contributed by atoms with Crippen molar-refractivity contribution < 1.29 is 14.3 Å². The van der Waals surface area contributed by atoms with Crippen molar-refractivity contribution in [2.75, 3.05) is 31.2 Å². The van der Waals surface area contributed by atoms with Gasteiger partial charge in [-0.25, -0.2) is 4.79 Å². The molecule has 1 aromatic carbocycles. The molecule has 1 aliphatic heterocycles. The fourth-order valence-electron chi connectivity index (χ4n) is 2.68. The summed E-state index contributed by atoms with van der Waals surface area (Å²) in [7, 11) is 1.24. The van der Waals surface area contributed by atoms with Crippen LogP contribution < -0.4 is 16.4 Å². The number of nitrogens with two attached hydrogens (primary N) is 1. The molecule has 2 heterocycles. The summed E-state index contributed by atoms with van der Waals surface area (Å²) >= 11 is 0. The summed E-state index contributed by atoms with van der Waals surface area (Å²) in [4.78, 5) is 24.3. The number of esters is 1. The lowest BCUT2D eigenvalue weighted by Gasteiger charge is -2.15. The van der Waals surface area contributed by atoms with E-state index in [1.807, 2.05) is 6.07 Å². The molecular weight excluding hydrogens is 310 g/mol. The van der Waals surface area contributed by atoms with Crippen molar-refractivity contribution in [3.63, 3.8) is 0 Å². The van der Waals surface area contributed by atoms with E-state index in [4.69, 9.17) is 10.5 Å². The molecule has 1 aliphatic rings. The van der Waals surface area contributed by atoms with Gasteiger partial charge < -0.3 is 25.7 Å². The van der Waals surface area contributed by atoms with Gasteiger partial charge in [0.2, 0.25) is 0 Å². The molecule has 0 saturated heterocycles. The second-order valence-corrected chi connectivity index (χ2v) is 5.16. The summed E-state index contributed by atoms with van der Waals surface area (Å²) < 4.78 is 6.25. The number of ether oxygens (including phenoxy) is 1. The standard InChI is InChI=1S/C16H15N5O3/c1-24-16(23)14-12(18)9(7-17)8-21(14)11-4-2-3-10-13(11)19-5-6-20-15(10)22/h2-4,8,19H,5-6,18H2,1H3,(H,20,22). The van der Waals surface area contributed by atoms with Crippen LogP contribution in [-0.2, 0) is 4.74 Å². The van der Waals surface area contributed by atoms with E-state index in [0.717, 1.165) is 0 Å². The van der Waals surface area contributed by atoms with Gasteiger partial charge in [-0.2, -0.15) is 5.26 Å². The van der Waals surface area contributed by atoms with E-state index in [-0.39, 0.29) is 22.9 Å². The van der Waals surface area contributed by atoms with Gasteiger partial charge in [0, 0.05) is 19.3 Å². The number of hydrogen-bond donors (Lipinski definition) is 3. The van der Waals surface area contributed by atoms with Crippen molar-refractivity contribution in [1.82, 2.24) is 9.88 Å². The van der Waals surface area contributed by atoms with Crippen LogP contribution in [0.15, 0.2) is 24.4 Å². The number of anilines is 2. The second-order valence-electron chi connectivity index (χ2n) is 5.16. The molecule has 0 fully saturated rings. The van der Waals surface area contributed by atoms with E-state index >= 15 is 0 Å². The number of nitrogen functional groups attached to an aromatic ring is 1. The molecule has 0 atom stereocenters. The molecule has 8 heteroatoms. The van der Waals surface area contributed by atoms with Crippen molar-refractivity contribution in [2.45, 2.75) is 0 Å². The van der Waals surface area contributed by atoms with Crippen LogP contribution in [-0.4, -0.2) is 36.6 Å². The highest BCUT2D eigenvalue weighted by Crippen LogP contribution is 2.31. The summed E-state index contributed by atoms with van der Waals surface area (Å²) in [5, 5.41) is 15.2. The number of rotatable bonds is 2. The molecule has 24 heavy (non-hydrogen) atoms. The zero-order valence-corrected chi connectivity index (χ0v) is 12.9. The van der Waals surface area contributed by atoms with Crippen molar-refractivity contribution in [3.05, 3.63) is 41.2 Å². The first-order chi connectivity index (χ1) is 11.6. The Morgan fingerprint density at radius 1 is 1.38 bits per heavy atom. The van der Waals surface area contributed by atoms with Crippen LogP contribution in [0.25, 0.3) is 5.69 Å². The first-order valence-electron chi connectivity index (χ1n) is 7.23. The average molecular weight is 325 g/mol. The normalized spacial score (nSPS) is 13.1. The van der Waals surface area contributed by atoms with E-state index in [0.29, 0.717) is 30.0 Å². The Bertz CT molecular complexity index is 879. The molecule has 1 amide bonds. The van der Waals surface area contributed by atoms with Crippen LogP contribution >= 0.6 is 0 Å². The number of methoxy groups -OCH3 is 1. The van der Waals surface area contributed by atoms with E-state index in [1.165, 1.54) is 17.9 Å². The highest BCUT2D eigenvalue weighted by Gasteiger charge is 2.25. The van der Waals surface area contributed by atoms with Crippen molar-refractivity contribution >= 4 is 23.3 Å². The third-order valence-electron chi connectivity index (χ3n) is 3.80. The lowest BCUT2D eigenvalue weighted by atomic mass is 10.1. The zero-order valence-electron chi connectivity index (χ0n) is 12.9. The predicted molar refractivity (Wildman–Crippen MR) is 87.1 cm³/mol. The number of para-hydroxylation sites is 1. The van der Waals surface area contributed by atoms with Gasteiger partial charge in [0.05, 0.1) is 35.3 Å². The van der Waals surface area contributed by atoms with Crippen LogP contribution in [0, 0.1) is 11.3 Å². The number of nitrogens with one attached hydrogen (secondary N) is 2. The molecule has 0 unspecified atom stereocenters. The Labute approximate surface area is 137 Å². The monoisotopic (exact) mass is 325 g/mol. The molecule has 0 spiro atoms. The summed E-state index contributed by atoms with van der Waals surface area (Å²) in [6, 6.07) is 7.07. The third-order valence-corrected chi connectivity index (χ3v) is 3.80. The lowest BCUT2D eigenvalue weighted by molar-refractivity contribution is 0.0593. The molecular formula is C16H15N5O3. The maximum Gasteiger partial charge on any atom is 0.357 e. The smallest absolute Gasteiger partial charge is 0.357 e. The van der Waals surface area contributed by atoms with Gasteiger partial charge in [-0.3, -0.25) is 4.79 Å². The molecule has 8 nitrogen and oxygen atoms in total. The van der Waals surface area contributed by atoms with Gasteiger partial charge in [0.15, 0.2) is 5.69 Å². The van der Waals surface area contributed by atoms with Crippen molar-refractivity contribution in [2.24, 2.45) is 0 Å². The zero-order chi connectivity index (χ0) is 17.3. The molecule has 0 aliphatic carbocycles. The first-order valence-corrected chi connectivity index (χ1v) is 7.23. The number of carbonyl (C=O) groups excluding carboxylic acids is 2. The fraction of sp³-hybridized carbons (Fsp3) is 0.188. The Kier molecular flexibility index (Phi) is 3.83. The van der Waals surface area contributed by atoms with Gasteiger partial charge >= 0.3 is 5.97 Å². The number of nitrogens with zero attached hydrogens (tertiary/aromatic N) is 2. The molecule has 122 valence electrons. The Morgan fingerprint density at radius 3 is 2.83 bits per heavy atom. The topological polar surface area (TPSA) is 122 Å². The molecule has 0 saturated carbocycles. The number of amides is 1. The molecule has 0 bridgehead atoms. The largest absolute Gasteiger partial charge is 0.464 e. The number of carbonyl (C=O) groups is 2. The predicted octanol–water partition coefficient (Wildman–Crippen LogP) is 0.873. The second kappa shape index (κ2) is 5.96. The van der Waals surface area contributed by atoms with Crippen LogP contribution in [0.2, 0.25) is 0 Å². The Hall–Kier alpha value is -3.47. The summed E-state index contributed by atoms with van der Waals surface area (Å²) in [5.41, 5.74) is 7.73. The fourth-order valence-corrected chi connectivity index (χ4v) is 2.68. The molecule has 0 radical (unpaired) electrons. The molecule has 4 N–H and O–H groups in total. The van der Waals surface area contributed by atoms with Gasteiger partial charge in [-0.15, -0.1) is 0 Å². The van der Waals surface area contributed by atoms with Crippen LogP contribution in [0.3, 0.4) is 0 Å². The summed E-state index contributed by atoms with van der Waals surface area (Å²) in [6.07, 6.45) is 1.46. The van der Waals surface area contributed by atoms with Crippen LogP contribution in [0.4, 0.5) is 11.4 Å². The number of hydrogen-bond acceptors (Lipinski definition) is 6. The highest BCUT2D eigenvalue weighted by molar-refractivity contribution is 6.03. The SMILES string of the molecule is COC(=O)c1c(N)c(C#N)cn1-c1cccc2c1NCCNC2=O. The summed E-state index contributed by atoms with van der Waals surface area (Å²) in [5.74, 6) is -0.873. The van der Waals surface area contributed by atoms with Gasteiger partial charge in [0.1, 0.15) is 6.07 Å². The van der Waals surface area contributed by atoms with E-state index in [2.05, 4.69) is 10.6 Å². The third kappa shape index (κ3) is 2.32. The number of fused-ring (bicyclic) bond motifs is 1. The van der Waals surface area contributed by atoms with Gasteiger partial charge in [-0.05, 0) is 12.1 Å². The highest BCUT2D eigenvalue weighted by atomic mass is 16.5. The van der Waals surface area contributed by atoms with Crippen LogP contribution in [0.1, 0.15) is 26.4 Å². The first kappa shape index (κ1) is 15.4. The van der Waals surface area contributed by atoms with Crippen molar-refractivity contribution in [1.29, 1.82) is 5.26 Å². The summed E-state index contributed by atoms with van der Waals surface area (Å²) in [6.45, 7) is 1.01. The van der Waals surface area contributed by atoms with Gasteiger partial charge in [0.25, 0.3) is 5.91 Å². The molecule has 2 aromatic rings. The minimum Gasteiger partial charge on any atom is -0.464 e. The van der Waals surface area contributed by atoms with E-state index < -0.39 is 5.97 Å². The van der Waals surface area contributed by atoms with E-state index in [9.17, 15) is 14.9 Å². The maximum atomic E-state index is 12.2. The number of benzene rings is 1. The van der Waals surface area contributed by atoms with Gasteiger partial charge in [-0.1, -0.05) is 6.07 Å². The minimum atomic E-state index is -0.662. The quantitative estimate of drug-likeness (QED) is 0.704. The average Bonchev–Trinajstić information content (AvgIpc) is 2.81. The molecule has 1 aromatic heterocycles. The Balaban J connectivity index is 2.28. The Morgan fingerprint density at radius 2 is 2.12 bits per heavy atom. The minimum absolute atomic E-state index is 0.0417. The number of aromatic nitrogens is 1. The van der Waals surface area contributed by atoms with E-state index in [1.54, 1.807) is 18.2 Å². The van der Waals surface area contributed by atoms with Crippen molar-refractivity contribution in [3.8, 4) is 11.8 Å². The maximum absolute atomic E-state index is 12.2. The van der Waals surface area contributed by atoms with Crippen LogP contribution in [0.5, 0.6) is 0 Å².